The smallest absolute Gasteiger partial charge is 0.0700 e. The average Bonchev–Trinajstić information content (AvgIpc) is 2.43. The fourth-order valence-electron chi connectivity index (χ4n) is 2.94. The highest BCUT2D eigenvalue weighted by Crippen LogP contribution is 2.24. The van der Waals surface area contributed by atoms with Gasteiger partial charge in [-0.25, -0.2) is 0 Å². The Kier molecular flexibility index (Phi) is 8.79. The molecule has 2 unspecified atom stereocenters. The van der Waals surface area contributed by atoms with Crippen LogP contribution in [0.1, 0.15) is 47.0 Å². The molecular formula is C17H36N2O2. The number of ether oxygens (including phenoxy) is 2. The molecule has 0 saturated carbocycles. The van der Waals surface area contributed by atoms with Crippen LogP contribution >= 0.6 is 0 Å². The summed E-state index contributed by atoms with van der Waals surface area (Å²) in [6.45, 7) is 14.9. The minimum Gasteiger partial charge on any atom is -0.382 e. The van der Waals surface area contributed by atoms with Crippen LogP contribution in [0.4, 0.5) is 0 Å². The lowest BCUT2D eigenvalue weighted by atomic mass is 9.84. The van der Waals surface area contributed by atoms with Crippen LogP contribution in [0, 0.1) is 5.41 Å². The molecule has 0 aliphatic carbocycles. The lowest BCUT2D eigenvalue weighted by Crippen LogP contribution is -2.60. The number of rotatable bonds is 9. The first kappa shape index (κ1) is 18.9. The van der Waals surface area contributed by atoms with Crippen LogP contribution < -0.4 is 5.32 Å². The van der Waals surface area contributed by atoms with E-state index in [1.54, 1.807) is 7.11 Å². The first-order chi connectivity index (χ1) is 9.99. The van der Waals surface area contributed by atoms with Gasteiger partial charge in [0.1, 0.15) is 0 Å². The molecule has 1 aliphatic rings. The van der Waals surface area contributed by atoms with E-state index in [9.17, 15) is 0 Å². The van der Waals surface area contributed by atoms with Crippen molar-refractivity contribution >= 4 is 0 Å². The monoisotopic (exact) mass is 300 g/mol. The summed E-state index contributed by atoms with van der Waals surface area (Å²) < 4.78 is 10.6. The molecule has 1 heterocycles. The summed E-state index contributed by atoms with van der Waals surface area (Å²) in [7, 11) is 1.71. The Morgan fingerprint density at radius 3 is 2.57 bits per heavy atom. The molecule has 0 aromatic carbocycles. The third-order valence-corrected chi connectivity index (χ3v) is 4.37. The van der Waals surface area contributed by atoms with E-state index in [1.165, 1.54) is 12.8 Å². The zero-order chi connectivity index (χ0) is 15.7. The Morgan fingerprint density at radius 2 is 1.95 bits per heavy atom. The van der Waals surface area contributed by atoms with E-state index >= 15 is 0 Å². The second kappa shape index (κ2) is 9.78. The van der Waals surface area contributed by atoms with Crippen molar-refractivity contribution < 1.29 is 9.47 Å². The Morgan fingerprint density at radius 1 is 1.19 bits per heavy atom. The summed E-state index contributed by atoms with van der Waals surface area (Å²) >= 11 is 0. The zero-order valence-corrected chi connectivity index (χ0v) is 14.8. The average molecular weight is 300 g/mol. The molecule has 21 heavy (non-hydrogen) atoms. The molecule has 126 valence electrons. The van der Waals surface area contributed by atoms with Gasteiger partial charge >= 0.3 is 0 Å². The molecule has 1 aliphatic heterocycles. The van der Waals surface area contributed by atoms with E-state index in [-0.39, 0.29) is 0 Å². The molecule has 1 fully saturated rings. The zero-order valence-electron chi connectivity index (χ0n) is 14.8. The Bertz CT molecular complexity index is 266. The van der Waals surface area contributed by atoms with Crippen molar-refractivity contribution in [1.29, 1.82) is 0 Å². The molecule has 1 rings (SSSR count). The van der Waals surface area contributed by atoms with E-state index < -0.39 is 0 Å². The minimum atomic E-state index is 0.324. The lowest BCUT2D eigenvalue weighted by Gasteiger charge is -2.45. The standard InChI is InChI=1S/C17H36N2O2/c1-6-8-15-13-18-16(17(2,3)4)14-19(15)9-7-10-21-12-11-20-5/h15-16,18H,6-14H2,1-5H3. The van der Waals surface area contributed by atoms with Crippen LogP contribution in [-0.4, -0.2) is 63.5 Å². The van der Waals surface area contributed by atoms with Crippen LogP contribution in [-0.2, 0) is 9.47 Å². The van der Waals surface area contributed by atoms with E-state index in [0.29, 0.717) is 30.7 Å². The Hall–Kier alpha value is -0.160. The molecule has 0 aromatic heterocycles. The van der Waals surface area contributed by atoms with Crippen LogP contribution in [0.25, 0.3) is 0 Å². The van der Waals surface area contributed by atoms with Crippen LogP contribution in [0.15, 0.2) is 0 Å². The molecule has 4 nitrogen and oxygen atoms in total. The van der Waals surface area contributed by atoms with Crippen molar-refractivity contribution in [2.24, 2.45) is 5.41 Å². The predicted octanol–water partition coefficient (Wildman–Crippen LogP) is 2.53. The van der Waals surface area contributed by atoms with Crippen LogP contribution in [0.3, 0.4) is 0 Å². The van der Waals surface area contributed by atoms with Gasteiger partial charge in [0.2, 0.25) is 0 Å². The molecule has 0 spiro atoms. The molecule has 4 heteroatoms. The summed E-state index contributed by atoms with van der Waals surface area (Å²) in [5, 5.41) is 3.75. The predicted molar refractivity (Wildman–Crippen MR) is 88.8 cm³/mol. The van der Waals surface area contributed by atoms with Crippen molar-refractivity contribution in [3.63, 3.8) is 0 Å². The third kappa shape index (κ3) is 7.09. The first-order valence-electron chi connectivity index (χ1n) is 8.53. The highest BCUT2D eigenvalue weighted by atomic mass is 16.5. The van der Waals surface area contributed by atoms with Gasteiger partial charge in [0.25, 0.3) is 0 Å². The fraction of sp³-hybridized carbons (Fsp3) is 1.00. The number of methoxy groups -OCH3 is 1. The van der Waals surface area contributed by atoms with Crippen molar-refractivity contribution in [2.75, 3.05) is 46.6 Å². The number of nitrogens with zero attached hydrogens (tertiary/aromatic N) is 1. The Labute approximate surface area is 131 Å². The topological polar surface area (TPSA) is 33.7 Å². The van der Waals surface area contributed by atoms with Gasteiger partial charge in [-0.3, -0.25) is 4.90 Å². The highest BCUT2D eigenvalue weighted by Gasteiger charge is 2.33. The van der Waals surface area contributed by atoms with Crippen molar-refractivity contribution in [3.8, 4) is 0 Å². The first-order valence-corrected chi connectivity index (χ1v) is 8.53. The maximum Gasteiger partial charge on any atom is 0.0700 e. The number of piperazine rings is 1. The van der Waals surface area contributed by atoms with Gasteiger partial charge in [-0.15, -0.1) is 0 Å². The summed E-state index contributed by atoms with van der Waals surface area (Å²) in [4.78, 5) is 2.68. The van der Waals surface area contributed by atoms with Gasteiger partial charge in [-0.05, 0) is 18.3 Å². The fourth-order valence-corrected chi connectivity index (χ4v) is 2.94. The molecular weight excluding hydrogens is 264 g/mol. The quantitative estimate of drug-likeness (QED) is 0.664. The second-order valence-corrected chi connectivity index (χ2v) is 7.22. The van der Waals surface area contributed by atoms with Crippen molar-refractivity contribution in [2.45, 2.75) is 59.0 Å². The molecule has 2 atom stereocenters. The normalized spacial score (nSPS) is 24.4. The van der Waals surface area contributed by atoms with Gasteiger partial charge in [0.15, 0.2) is 0 Å². The molecule has 1 saturated heterocycles. The second-order valence-electron chi connectivity index (χ2n) is 7.22. The lowest BCUT2D eigenvalue weighted by molar-refractivity contribution is 0.0484. The number of nitrogens with one attached hydrogen (secondary N) is 1. The summed E-state index contributed by atoms with van der Waals surface area (Å²) in [6.07, 6.45) is 3.66. The van der Waals surface area contributed by atoms with Gasteiger partial charge in [0.05, 0.1) is 13.2 Å². The molecule has 1 N–H and O–H groups in total. The molecule has 0 bridgehead atoms. The largest absolute Gasteiger partial charge is 0.382 e. The number of hydrogen-bond donors (Lipinski definition) is 1. The van der Waals surface area contributed by atoms with Gasteiger partial charge in [-0.1, -0.05) is 34.1 Å². The molecule has 0 aromatic rings. The number of hydrogen-bond acceptors (Lipinski definition) is 4. The molecule has 0 radical (unpaired) electrons. The van der Waals surface area contributed by atoms with Crippen LogP contribution in [0.2, 0.25) is 0 Å². The molecule has 0 amide bonds. The van der Waals surface area contributed by atoms with E-state index in [0.717, 1.165) is 32.7 Å². The maximum absolute atomic E-state index is 5.59. The third-order valence-electron chi connectivity index (χ3n) is 4.37. The van der Waals surface area contributed by atoms with Crippen LogP contribution in [0.5, 0.6) is 0 Å². The highest BCUT2D eigenvalue weighted by molar-refractivity contribution is 4.91. The SMILES string of the molecule is CCCC1CNC(C(C)(C)C)CN1CCCOCCOC. The maximum atomic E-state index is 5.59. The van der Waals surface area contributed by atoms with Gasteiger partial charge in [0, 0.05) is 45.4 Å². The van der Waals surface area contributed by atoms with Gasteiger partial charge < -0.3 is 14.8 Å². The van der Waals surface area contributed by atoms with E-state index in [2.05, 4.69) is 37.9 Å². The summed E-state index contributed by atoms with van der Waals surface area (Å²) in [5.74, 6) is 0. The van der Waals surface area contributed by atoms with Crippen molar-refractivity contribution in [3.05, 3.63) is 0 Å². The van der Waals surface area contributed by atoms with E-state index in [1.807, 2.05) is 0 Å². The van der Waals surface area contributed by atoms with Gasteiger partial charge in [-0.2, -0.15) is 0 Å². The van der Waals surface area contributed by atoms with Crippen molar-refractivity contribution in [1.82, 2.24) is 10.2 Å². The summed E-state index contributed by atoms with van der Waals surface area (Å²) in [6, 6.07) is 1.27. The van der Waals surface area contributed by atoms with E-state index in [4.69, 9.17) is 9.47 Å². The Balaban J connectivity index is 2.37. The summed E-state index contributed by atoms with van der Waals surface area (Å²) in [5.41, 5.74) is 0.324. The minimum absolute atomic E-state index is 0.324.